The number of benzene rings is 3. The second kappa shape index (κ2) is 10.6. The first kappa shape index (κ1) is 24.2. The number of hydrogen-bond donors (Lipinski definition) is 1. The highest BCUT2D eigenvalue weighted by Gasteiger charge is 2.24. The molecule has 0 aliphatic carbocycles. The zero-order valence-electron chi connectivity index (χ0n) is 18.8. The Morgan fingerprint density at radius 3 is 2.56 bits per heavy atom. The van der Waals surface area contributed by atoms with Gasteiger partial charge in [0.15, 0.2) is 16.7 Å². The van der Waals surface area contributed by atoms with E-state index in [0.717, 1.165) is 11.1 Å². The number of nitrogens with zero attached hydrogens (tertiary/aromatic N) is 1. The van der Waals surface area contributed by atoms with Crippen molar-refractivity contribution in [1.82, 2.24) is 5.32 Å². The van der Waals surface area contributed by atoms with E-state index < -0.39 is 0 Å². The minimum Gasteiger partial charge on any atom is -0.493 e. The van der Waals surface area contributed by atoms with Crippen molar-refractivity contribution >= 4 is 57.8 Å². The predicted molar refractivity (Wildman–Crippen MR) is 141 cm³/mol. The van der Waals surface area contributed by atoms with Crippen LogP contribution < -0.4 is 14.8 Å². The van der Waals surface area contributed by atoms with Gasteiger partial charge in [0, 0.05) is 5.02 Å². The minimum atomic E-state index is -0.238. The zero-order valence-corrected chi connectivity index (χ0v) is 21.1. The lowest BCUT2D eigenvalue weighted by Crippen LogP contribution is -2.19. The molecular formula is C26H22Cl2N2O3S. The lowest BCUT2D eigenvalue weighted by Gasteiger charge is -2.13. The number of nitrogens with one attached hydrogen (secondary N) is 1. The zero-order chi connectivity index (χ0) is 24.2. The molecule has 8 heteroatoms. The second-order valence-electron chi connectivity index (χ2n) is 7.67. The largest absolute Gasteiger partial charge is 0.493 e. The lowest BCUT2D eigenvalue weighted by molar-refractivity contribution is -0.115. The Labute approximate surface area is 212 Å². The van der Waals surface area contributed by atoms with Crippen molar-refractivity contribution < 1.29 is 14.3 Å². The van der Waals surface area contributed by atoms with Gasteiger partial charge in [-0.1, -0.05) is 59.1 Å². The van der Waals surface area contributed by atoms with Crippen molar-refractivity contribution in [2.24, 2.45) is 4.99 Å². The fourth-order valence-corrected chi connectivity index (χ4v) is 4.54. The van der Waals surface area contributed by atoms with Gasteiger partial charge in [-0.2, -0.15) is 0 Å². The molecule has 3 aromatic carbocycles. The Morgan fingerprint density at radius 2 is 1.82 bits per heavy atom. The van der Waals surface area contributed by atoms with Gasteiger partial charge in [0.25, 0.3) is 5.91 Å². The van der Waals surface area contributed by atoms with Gasteiger partial charge in [-0.25, -0.2) is 4.99 Å². The molecule has 174 valence electrons. The molecule has 0 radical (unpaired) electrons. The molecule has 34 heavy (non-hydrogen) atoms. The second-order valence-corrected chi connectivity index (χ2v) is 9.52. The van der Waals surface area contributed by atoms with Gasteiger partial charge in [-0.05, 0) is 72.6 Å². The molecule has 1 heterocycles. The normalized spacial score (nSPS) is 15.6. The molecule has 1 aliphatic rings. The summed E-state index contributed by atoms with van der Waals surface area (Å²) in [6, 6.07) is 17.1. The van der Waals surface area contributed by atoms with Crippen LogP contribution in [0.15, 0.2) is 64.5 Å². The van der Waals surface area contributed by atoms with E-state index in [-0.39, 0.29) is 5.91 Å². The predicted octanol–water partition coefficient (Wildman–Crippen LogP) is 7.09. The number of ether oxygens (including phenoxy) is 2. The van der Waals surface area contributed by atoms with Crippen molar-refractivity contribution in [2.75, 3.05) is 7.11 Å². The average molecular weight is 513 g/mol. The summed E-state index contributed by atoms with van der Waals surface area (Å²) in [4.78, 5) is 17.6. The van der Waals surface area contributed by atoms with Gasteiger partial charge in [-0.15, -0.1) is 0 Å². The van der Waals surface area contributed by atoms with Crippen molar-refractivity contribution in [2.45, 2.75) is 20.5 Å². The van der Waals surface area contributed by atoms with Crippen LogP contribution in [0.25, 0.3) is 6.08 Å². The Bertz CT molecular complexity index is 1300. The van der Waals surface area contributed by atoms with E-state index in [9.17, 15) is 4.79 Å². The van der Waals surface area contributed by atoms with Crippen LogP contribution >= 0.6 is 35.0 Å². The van der Waals surface area contributed by atoms with Crippen molar-refractivity contribution in [1.29, 1.82) is 0 Å². The molecule has 1 saturated heterocycles. The fourth-order valence-electron chi connectivity index (χ4n) is 3.26. The Hall–Kier alpha value is -2.93. The Morgan fingerprint density at radius 1 is 1.06 bits per heavy atom. The average Bonchev–Trinajstić information content (AvgIpc) is 3.15. The van der Waals surface area contributed by atoms with Crippen LogP contribution in [0.4, 0.5) is 5.69 Å². The Kier molecular flexibility index (Phi) is 7.51. The van der Waals surface area contributed by atoms with Gasteiger partial charge >= 0.3 is 0 Å². The maximum Gasteiger partial charge on any atom is 0.264 e. The summed E-state index contributed by atoms with van der Waals surface area (Å²) < 4.78 is 11.5. The molecule has 0 unspecified atom stereocenters. The fraction of sp³-hybridized carbons (Fsp3) is 0.154. The van der Waals surface area contributed by atoms with Crippen LogP contribution in [0.1, 0.15) is 22.3 Å². The first-order valence-electron chi connectivity index (χ1n) is 10.4. The van der Waals surface area contributed by atoms with Gasteiger partial charge in [0.2, 0.25) is 0 Å². The SMILES string of the molecule is COc1cc(/C=C2/SC(=Nc3cccc(Cl)c3C)NC2=O)cc(Cl)c1OCc1ccc(C)cc1. The molecule has 1 N–H and O–H groups in total. The summed E-state index contributed by atoms with van der Waals surface area (Å²) in [5.41, 5.74) is 4.47. The van der Waals surface area contributed by atoms with E-state index in [1.54, 1.807) is 31.4 Å². The number of amidine groups is 1. The van der Waals surface area contributed by atoms with E-state index >= 15 is 0 Å². The number of rotatable bonds is 6. The number of thioether (sulfide) groups is 1. The lowest BCUT2D eigenvalue weighted by atomic mass is 10.1. The molecule has 5 nitrogen and oxygen atoms in total. The van der Waals surface area contributed by atoms with Crippen LogP contribution in [0.5, 0.6) is 11.5 Å². The molecular weight excluding hydrogens is 491 g/mol. The maximum atomic E-state index is 12.5. The van der Waals surface area contributed by atoms with Crippen LogP contribution in [0.2, 0.25) is 10.0 Å². The third-order valence-corrected chi connectivity index (χ3v) is 6.77. The van der Waals surface area contributed by atoms with Crippen molar-refractivity contribution in [3.63, 3.8) is 0 Å². The van der Waals surface area contributed by atoms with E-state index in [0.29, 0.717) is 49.5 Å². The molecule has 3 aromatic rings. The van der Waals surface area contributed by atoms with Crippen LogP contribution in [-0.2, 0) is 11.4 Å². The summed E-state index contributed by atoms with van der Waals surface area (Å²) in [7, 11) is 1.55. The van der Waals surface area contributed by atoms with E-state index in [4.69, 9.17) is 32.7 Å². The number of methoxy groups -OCH3 is 1. The first-order chi connectivity index (χ1) is 16.3. The van der Waals surface area contributed by atoms with Gasteiger partial charge in [0.05, 0.1) is 22.7 Å². The maximum absolute atomic E-state index is 12.5. The van der Waals surface area contributed by atoms with E-state index in [2.05, 4.69) is 10.3 Å². The highest BCUT2D eigenvalue weighted by molar-refractivity contribution is 8.18. The number of hydrogen-bond acceptors (Lipinski definition) is 5. The molecule has 0 saturated carbocycles. The number of carbonyl (C=O) groups is 1. The van der Waals surface area contributed by atoms with Crippen molar-refractivity contribution in [3.05, 3.63) is 91.8 Å². The summed E-state index contributed by atoms with van der Waals surface area (Å²) in [5, 5.41) is 4.29. The Balaban J connectivity index is 1.54. The van der Waals surface area contributed by atoms with Gasteiger partial charge in [-0.3, -0.25) is 4.79 Å². The van der Waals surface area contributed by atoms with Crippen LogP contribution in [0.3, 0.4) is 0 Å². The summed E-state index contributed by atoms with van der Waals surface area (Å²) in [6.07, 6.45) is 1.74. The molecule has 0 bridgehead atoms. The molecule has 0 aromatic heterocycles. The highest BCUT2D eigenvalue weighted by Crippen LogP contribution is 2.39. The topological polar surface area (TPSA) is 59.9 Å². The van der Waals surface area contributed by atoms with E-state index in [1.165, 1.54) is 17.3 Å². The number of amides is 1. The van der Waals surface area contributed by atoms with Gasteiger partial charge in [0.1, 0.15) is 6.61 Å². The third-order valence-electron chi connectivity index (χ3n) is 5.17. The van der Waals surface area contributed by atoms with E-state index in [1.807, 2.05) is 50.2 Å². The quantitative estimate of drug-likeness (QED) is 0.358. The third kappa shape index (κ3) is 5.58. The van der Waals surface area contributed by atoms with Crippen LogP contribution in [0, 0.1) is 13.8 Å². The number of aryl methyl sites for hydroxylation is 1. The van der Waals surface area contributed by atoms with Crippen LogP contribution in [-0.4, -0.2) is 18.2 Å². The smallest absolute Gasteiger partial charge is 0.264 e. The van der Waals surface area contributed by atoms with Gasteiger partial charge < -0.3 is 14.8 Å². The molecule has 1 amide bonds. The standard InChI is InChI=1S/C26H22Cl2N2O3S/c1-15-7-9-17(10-8-15)14-33-24-20(28)11-18(12-22(24)32-3)13-23-25(31)30-26(34-23)29-21-6-4-5-19(27)16(21)2/h4-13H,14H2,1-3H3,(H,29,30,31)/b23-13+. The van der Waals surface area contributed by atoms with Crippen molar-refractivity contribution in [3.8, 4) is 11.5 Å². The monoisotopic (exact) mass is 512 g/mol. The highest BCUT2D eigenvalue weighted by atomic mass is 35.5. The number of halogens is 2. The summed E-state index contributed by atoms with van der Waals surface area (Å²) >= 11 is 13.9. The summed E-state index contributed by atoms with van der Waals surface area (Å²) in [5.74, 6) is 0.700. The molecule has 4 rings (SSSR count). The first-order valence-corrected chi connectivity index (χ1v) is 12.0. The minimum absolute atomic E-state index is 0.238. The molecule has 0 atom stereocenters. The molecule has 1 fully saturated rings. The molecule has 0 spiro atoms. The number of aliphatic imine (C=N–C) groups is 1. The summed E-state index contributed by atoms with van der Waals surface area (Å²) in [6.45, 7) is 4.28. The number of carbonyl (C=O) groups excluding carboxylic acids is 1. The molecule has 1 aliphatic heterocycles.